The van der Waals surface area contributed by atoms with E-state index in [0.717, 1.165) is 23.1 Å². The van der Waals surface area contributed by atoms with E-state index in [1.807, 2.05) is 38.5 Å². The van der Waals surface area contributed by atoms with Crippen molar-refractivity contribution < 1.29 is 8.42 Å². The maximum absolute atomic E-state index is 11.3. The first-order valence-electron chi connectivity index (χ1n) is 6.58. The van der Waals surface area contributed by atoms with Gasteiger partial charge in [-0.2, -0.15) is 5.10 Å². The molecule has 0 bridgehead atoms. The van der Waals surface area contributed by atoms with Crippen molar-refractivity contribution in [3.05, 3.63) is 41.7 Å². The molecule has 0 saturated carbocycles. The van der Waals surface area contributed by atoms with Gasteiger partial charge in [0.15, 0.2) is 0 Å². The summed E-state index contributed by atoms with van der Waals surface area (Å²) in [4.78, 5) is 0. The van der Waals surface area contributed by atoms with Gasteiger partial charge in [-0.25, -0.2) is 8.42 Å². The van der Waals surface area contributed by atoms with Crippen LogP contribution in [-0.4, -0.2) is 24.5 Å². The topological polar surface area (TPSA) is 76.0 Å². The zero-order valence-electron chi connectivity index (χ0n) is 12.6. The number of aryl methyl sites for hydroxylation is 2. The van der Waals surface area contributed by atoms with Crippen molar-refractivity contribution in [2.24, 2.45) is 7.05 Å². The summed E-state index contributed by atoms with van der Waals surface area (Å²) in [5.41, 5.74) is 3.48. The lowest BCUT2D eigenvalue weighted by Gasteiger charge is -2.15. The molecule has 1 heterocycles. The summed E-state index contributed by atoms with van der Waals surface area (Å²) in [7, 11) is -1.38. The smallest absolute Gasteiger partial charge is 0.229 e. The number of sulfonamides is 1. The fourth-order valence-electron chi connectivity index (χ4n) is 2.06. The Morgan fingerprint density at radius 2 is 2.05 bits per heavy atom. The highest BCUT2D eigenvalue weighted by molar-refractivity contribution is 7.92. The molecule has 0 fully saturated rings. The van der Waals surface area contributed by atoms with Crippen LogP contribution in [0.1, 0.15) is 24.1 Å². The Labute approximate surface area is 125 Å². The van der Waals surface area contributed by atoms with Crippen molar-refractivity contribution in [1.82, 2.24) is 9.78 Å². The second-order valence-corrected chi connectivity index (χ2v) is 6.97. The van der Waals surface area contributed by atoms with Gasteiger partial charge in [0.2, 0.25) is 10.0 Å². The van der Waals surface area contributed by atoms with Crippen molar-refractivity contribution >= 4 is 21.4 Å². The maximum Gasteiger partial charge on any atom is 0.229 e. The monoisotopic (exact) mass is 308 g/mol. The predicted octanol–water partition coefficient (Wildman–Crippen LogP) is 2.27. The van der Waals surface area contributed by atoms with Gasteiger partial charge < -0.3 is 5.32 Å². The van der Waals surface area contributed by atoms with Gasteiger partial charge in [-0.15, -0.1) is 0 Å². The number of hydrogen-bond donors (Lipinski definition) is 2. The van der Waals surface area contributed by atoms with Gasteiger partial charge in [0.25, 0.3) is 0 Å². The molecule has 1 aromatic heterocycles. The molecule has 6 nitrogen and oxygen atoms in total. The average molecular weight is 308 g/mol. The molecule has 1 aromatic carbocycles. The van der Waals surface area contributed by atoms with Crippen LogP contribution in [0.4, 0.5) is 11.4 Å². The van der Waals surface area contributed by atoms with Crippen LogP contribution in [-0.2, 0) is 17.1 Å². The highest BCUT2D eigenvalue weighted by atomic mass is 32.2. The molecule has 1 unspecified atom stereocenters. The minimum Gasteiger partial charge on any atom is -0.378 e. The van der Waals surface area contributed by atoms with E-state index >= 15 is 0 Å². The number of rotatable bonds is 5. The second kappa shape index (κ2) is 5.77. The summed E-state index contributed by atoms with van der Waals surface area (Å²) in [5, 5.41) is 7.52. The van der Waals surface area contributed by atoms with E-state index < -0.39 is 10.0 Å². The Bertz CT molecular complexity index is 737. The molecule has 2 rings (SSSR count). The number of hydrogen-bond acceptors (Lipinski definition) is 4. The molecule has 1 atom stereocenters. The molecule has 0 aliphatic heterocycles. The van der Waals surface area contributed by atoms with Crippen LogP contribution in [0.3, 0.4) is 0 Å². The molecular formula is C14H20N4O2S. The molecule has 0 amide bonds. The van der Waals surface area contributed by atoms with Gasteiger partial charge in [-0.3, -0.25) is 9.40 Å². The van der Waals surface area contributed by atoms with E-state index in [1.165, 1.54) is 0 Å². The summed E-state index contributed by atoms with van der Waals surface area (Å²) in [6.07, 6.45) is 4.93. The van der Waals surface area contributed by atoms with E-state index in [9.17, 15) is 8.42 Å². The van der Waals surface area contributed by atoms with Crippen LogP contribution < -0.4 is 10.0 Å². The van der Waals surface area contributed by atoms with Gasteiger partial charge in [0, 0.05) is 24.5 Å². The Balaban J connectivity index is 2.13. The van der Waals surface area contributed by atoms with Gasteiger partial charge in [0.05, 0.1) is 24.2 Å². The zero-order chi connectivity index (χ0) is 15.6. The molecule has 2 aromatic rings. The number of nitrogens with one attached hydrogen (secondary N) is 2. The highest BCUT2D eigenvalue weighted by Crippen LogP contribution is 2.24. The standard InChI is InChI=1S/C14H20N4O2S/c1-10-7-13(5-6-14(10)17-21(4,19)20)16-11(2)12-8-15-18(3)9-12/h5-9,11,16-17H,1-4H3. The maximum atomic E-state index is 11.3. The zero-order valence-corrected chi connectivity index (χ0v) is 13.4. The van der Waals surface area contributed by atoms with Crippen molar-refractivity contribution in [3.8, 4) is 0 Å². The van der Waals surface area contributed by atoms with Gasteiger partial charge >= 0.3 is 0 Å². The van der Waals surface area contributed by atoms with E-state index in [0.29, 0.717) is 5.69 Å². The fraction of sp³-hybridized carbons (Fsp3) is 0.357. The number of nitrogens with zero attached hydrogens (tertiary/aromatic N) is 2. The first-order valence-corrected chi connectivity index (χ1v) is 8.47. The molecule has 2 N–H and O–H groups in total. The fourth-order valence-corrected chi connectivity index (χ4v) is 2.69. The van der Waals surface area contributed by atoms with Crippen molar-refractivity contribution in [1.29, 1.82) is 0 Å². The molecule has 0 radical (unpaired) electrons. The van der Waals surface area contributed by atoms with Crippen molar-refractivity contribution in [2.75, 3.05) is 16.3 Å². The molecule has 21 heavy (non-hydrogen) atoms. The number of anilines is 2. The lowest BCUT2D eigenvalue weighted by molar-refractivity contribution is 0.607. The molecular weight excluding hydrogens is 288 g/mol. The van der Waals surface area contributed by atoms with Gasteiger partial charge in [-0.1, -0.05) is 0 Å². The minimum absolute atomic E-state index is 0.117. The molecule has 7 heteroatoms. The summed E-state index contributed by atoms with van der Waals surface area (Å²) < 4.78 is 26.8. The van der Waals surface area contributed by atoms with E-state index in [2.05, 4.69) is 22.1 Å². The first kappa shape index (κ1) is 15.4. The van der Waals surface area contributed by atoms with Gasteiger partial charge in [0.1, 0.15) is 0 Å². The van der Waals surface area contributed by atoms with Crippen LogP contribution in [0.5, 0.6) is 0 Å². The Kier molecular flexibility index (Phi) is 4.22. The van der Waals surface area contributed by atoms with Crippen LogP contribution in [0, 0.1) is 6.92 Å². The van der Waals surface area contributed by atoms with E-state index in [-0.39, 0.29) is 6.04 Å². The Hall–Kier alpha value is -2.02. The van der Waals surface area contributed by atoms with Crippen molar-refractivity contribution in [2.45, 2.75) is 19.9 Å². The molecule has 0 spiro atoms. The van der Waals surface area contributed by atoms with E-state index in [4.69, 9.17) is 0 Å². The third-order valence-electron chi connectivity index (χ3n) is 3.13. The SMILES string of the molecule is Cc1cc(NC(C)c2cnn(C)c2)ccc1NS(C)(=O)=O. The van der Waals surface area contributed by atoms with Crippen LogP contribution in [0.15, 0.2) is 30.6 Å². The molecule has 114 valence electrons. The third-order valence-corrected chi connectivity index (χ3v) is 3.72. The largest absolute Gasteiger partial charge is 0.378 e. The van der Waals surface area contributed by atoms with Crippen molar-refractivity contribution in [3.63, 3.8) is 0 Å². The quantitative estimate of drug-likeness (QED) is 0.888. The Morgan fingerprint density at radius 1 is 1.33 bits per heavy atom. The van der Waals surface area contributed by atoms with Gasteiger partial charge in [-0.05, 0) is 37.6 Å². The third kappa shape index (κ3) is 4.22. The van der Waals surface area contributed by atoms with E-state index in [1.54, 1.807) is 10.7 Å². The lowest BCUT2D eigenvalue weighted by atomic mass is 10.1. The Morgan fingerprint density at radius 3 is 2.57 bits per heavy atom. The highest BCUT2D eigenvalue weighted by Gasteiger charge is 2.09. The molecule has 0 aliphatic carbocycles. The van der Waals surface area contributed by atoms with Crippen LogP contribution in [0.25, 0.3) is 0 Å². The molecule has 0 saturated heterocycles. The molecule has 0 aliphatic rings. The first-order chi connectivity index (χ1) is 9.74. The second-order valence-electron chi connectivity index (χ2n) is 5.22. The lowest BCUT2D eigenvalue weighted by Crippen LogP contribution is -2.11. The van der Waals surface area contributed by atoms with Crippen LogP contribution >= 0.6 is 0 Å². The number of aromatic nitrogens is 2. The average Bonchev–Trinajstić information content (AvgIpc) is 2.78. The normalized spacial score (nSPS) is 13.0. The summed E-state index contributed by atoms with van der Waals surface area (Å²) in [5.74, 6) is 0. The summed E-state index contributed by atoms with van der Waals surface area (Å²) >= 11 is 0. The summed E-state index contributed by atoms with van der Waals surface area (Å²) in [6.45, 7) is 3.92. The predicted molar refractivity (Wildman–Crippen MR) is 84.9 cm³/mol. The minimum atomic E-state index is -3.26. The van der Waals surface area contributed by atoms with Crippen LogP contribution in [0.2, 0.25) is 0 Å². The summed E-state index contributed by atoms with van der Waals surface area (Å²) in [6, 6.07) is 5.65. The number of benzene rings is 1.